The number of hydrogen-bond acceptors (Lipinski definition) is 4. The molecule has 0 radical (unpaired) electrons. The zero-order valence-electron chi connectivity index (χ0n) is 18.8. The Morgan fingerprint density at radius 3 is 2.52 bits per heavy atom. The molecule has 0 atom stereocenters. The van der Waals surface area contributed by atoms with Gasteiger partial charge in [-0.25, -0.2) is 0 Å². The summed E-state index contributed by atoms with van der Waals surface area (Å²) >= 11 is 0. The highest BCUT2D eigenvalue weighted by Gasteiger charge is 2.22. The number of carboxylic acids is 1. The molecule has 3 aromatic rings. The first-order valence-electron chi connectivity index (χ1n) is 11.0. The molecular weight excluding hydrogens is 418 g/mol. The van der Waals surface area contributed by atoms with Gasteiger partial charge in [-0.05, 0) is 84.5 Å². The van der Waals surface area contributed by atoms with Crippen LogP contribution in [-0.4, -0.2) is 35.5 Å². The van der Waals surface area contributed by atoms with Crippen molar-refractivity contribution in [3.05, 3.63) is 88.5 Å². The second-order valence-electron chi connectivity index (χ2n) is 8.22. The highest BCUT2D eigenvalue weighted by molar-refractivity contribution is 5.94. The molecule has 3 aromatic carbocycles. The van der Waals surface area contributed by atoms with E-state index in [4.69, 9.17) is 14.6 Å². The Labute approximate surface area is 193 Å². The third-order valence-electron chi connectivity index (χ3n) is 5.95. The van der Waals surface area contributed by atoms with Gasteiger partial charge in [0, 0.05) is 25.1 Å². The minimum atomic E-state index is -0.812. The molecule has 0 aromatic heterocycles. The topological polar surface area (TPSA) is 76.1 Å². The van der Waals surface area contributed by atoms with E-state index in [9.17, 15) is 9.59 Å². The number of hydrogen-bond donors (Lipinski definition) is 1. The predicted molar refractivity (Wildman–Crippen MR) is 125 cm³/mol. The lowest BCUT2D eigenvalue weighted by Gasteiger charge is -2.29. The maximum absolute atomic E-state index is 13.2. The normalized spacial score (nSPS) is 12.7. The van der Waals surface area contributed by atoms with Crippen LogP contribution < -0.4 is 9.47 Å². The fourth-order valence-corrected chi connectivity index (χ4v) is 4.09. The number of fused-ring (bicyclic) bond motifs is 1. The average Bonchev–Trinajstić information content (AvgIpc) is 2.82. The lowest BCUT2D eigenvalue weighted by atomic mass is 9.98. The number of benzene rings is 3. The van der Waals surface area contributed by atoms with Crippen LogP contribution in [0.5, 0.6) is 17.2 Å². The molecule has 0 fully saturated rings. The van der Waals surface area contributed by atoms with Gasteiger partial charge in [0.2, 0.25) is 0 Å². The number of carbonyl (C=O) groups excluding carboxylic acids is 1. The summed E-state index contributed by atoms with van der Waals surface area (Å²) in [6, 6.07) is 18.8. The molecule has 1 N–H and O–H groups in total. The van der Waals surface area contributed by atoms with E-state index in [1.807, 2.05) is 60.4 Å². The maximum atomic E-state index is 13.2. The van der Waals surface area contributed by atoms with Gasteiger partial charge in [-0.1, -0.05) is 18.2 Å². The molecule has 4 rings (SSSR count). The maximum Gasteiger partial charge on any atom is 0.303 e. The summed E-state index contributed by atoms with van der Waals surface area (Å²) in [6.07, 6.45) is 1.37. The molecule has 0 saturated heterocycles. The smallest absolute Gasteiger partial charge is 0.303 e. The lowest BCUT2D eigenvalue weighted by Crippen LogP contribution is -2.35. The van der Waals surface area contributed by atoms with Crippen LogP contribution in [0.15, 0.2) is 60.7 Å². The van der Waals surface area contributed by atoms with E-state index in [1.54, 1.807) is 19.2 Å². The van der Waals surface area contributed by atoms with Gasteiger partial charge < -0.3 is 19.5 Å². The second kappa shape index (κ2) is 9.77. The van der Waals surface area contributed by atoms with Crippen LogP contribution in [0.1, 0.15) is 39.0 Å². The average molecular weight is 446 g/mol. The minimum Gasteiger partial charge on any atom is -0.497 e. The highest BCUT2D eigenvalue weighted by atomic mass is 16.5. The van der Waals surface area contributed by atoms with Crippen LogP contribution in [0.3, 0.4) is 0 Å². The number of amides is 1. The van der Waals surface area contributed by atoms with Crippen molar-refractivity contribution in [2.45, 2.75) is 32.7 Å². The van der Waals surface area contributed by atoms with Crippen LogP contribution >= 0.6 is 0 Å². The first-order valence-corrected chi connectivity index (χ1v) is 11.0. The first-order chi connectivity index (χ1) is 15.9. The Morgan fingerprint density at radius 2 is 1.76 bits per heavy atom. The van der Waals surface area contributed by atoms with Gasteiger partial charge in [0.25, 0.3) is 5.91 Å². The lowest BCUT2D eigenvalue weighted by molar-refractivity contribution is -0.136. The summed E-state index contributed by atoms with van der Waals surface area (Å²) in [7, 11) is 1.66. The molecule has 1 amide bonds. The third kappa shape index (κ3) is 5.34. The number of nitrogens with zero attached hydrogens (tertiary/aromatic N) is 1. The van der Waals surface area contributed by atoms with Crippen molar-refractivity contribution >= 4 is 11.9 Å². The van der Waals surface area contributed by atoms with E-state index in [1.165, 1.54) is 5.56 Å². The third-order valence-corrected chi connectivity index (χ3v) is 5.95. The quantitative estimate of drug-likeness (QED) is 0.553. The molecule has 0 saturated carbocycles. The molecule has 1 heterocycles. The molecular formula is C27H27NO5. The van der Waals surface area contributed by atoms with Gasteiger partial charge in [-0.3, -0.25) is 9.59 Å². The van der Waals surface area contributed by atoms with Crippen LogP contribution in [0.2, 0.25) is 0 Å². The number of rotatable bonds is 7. The van der Waals surface area contributed by atoms with Crippen LogP contribution in [0, 0.1) is 6.92 Å². The van der Waals surface area contributed by atoms with Crippen molar-refractivity contribution in [2.24, 2.45) is 0 Å². The van der Waals surface area contributed by atoms with Gasteiger partial charge in [-0.2, -0.15) is 0 Å². The van der Waals surface area contributed by atoms with E-state index >= 15 is 0 Å². The molecule has 1 aliphatic rings. The molecule has 0 spiro atoms. The van der Waals surface area contributed by atoms with Gasteiger partial charge in [0.05, 0.1) is 7.11 Å². The van der Waals surface area contributed by atoms with Crippen molar-refractivity contribution in [2.75, 3.05) is 13.7 Å². The largest absolute Gasteiger partial charge is 0.497 e. The molecule has 170 valence electrons. The van der Waals surface area contributed by atoms with E-state index in [2.05, 4.69) is 0 Å². The fourth-order valence-electron chi connectivity index (χ4n) is 4.09. The van der Waals surface area contributed by atoms with Crippen LogP contribution in [-0.2, 0) is 24.2 Å². The Hall–Kier alpha value is -3.80. The van der Waals surface area contributed by atoms with Crippen molar-refractivity contribution in [1.82, 2.24) is 4.90 Å². The Kier molecular flexibility index (Phi) is 6.63. The summed E-state index contributed by atoms with van der Waals surface area (Å²) in [4.78, 5) is 25.8. The zero-order chi connectivity index (χ0) is 23.4. The Balaban J connectivity index is 1.45. The fraction of sp³-hybridized carbons (Fsp3) is 0.259. The van der Waals surface area contributed by atoms with E-state index in [-0.39, 0.29) is 12.3 Å². The SMILES string of the molecule is COc1ccc2c(c1)CCN(C(=O)c1cccc(Oc3ccc(CCC(=O)O)c(C)c3)c1)C2. The summed E-state index contributed by atoms with van der Waals surface area (Å²) in [5.41, 5.74) is 4.90. The molecule has 6 heteroatoms. The minimum absolute atomic E-state index is 0.0258. The Bertz CT molecular complexity index is 1190. The summed E-state index contributed by atoms with van der Waals surface area (Å²) in [6.45, 7) is 3.16. The van der Waals surface area contributed by atoms with Crippen LogP contribution in [0.25, 0.3) is 0 Å². The molecule has 1 aliphatic heterocycles. The second-order valence-corrected chi connectivity index (χ2v) is 8.22. The molecule has 0 aliphatic carbocycles. The molecule has 0 unspecified atom stereocenters. The number of aliphatic carboxylic acids is 1. The van der Waals surface area contributed by atoms with Gasteiger partial charge >= 0.3 is 5.97 Å². The standard InChI is InChI=1S/C27H27NO5/c1-18-14-25(10-6-19(18)8-11-26(29)30)33-24-5-3-4-21(16-24)27(31)28-13-12-20-15-23(32-2)9-7-22(20)17-28/h3-7,9-10,14-16H,8,11-13,17H2,1-2H3,(H,29,30). The summed E-state index contributed by atoms with van der Waals surface area (Å²) < 4.78 is 11.3. The van der Waals surface area contributed by atoms with Gasteiger partial charge in [-0.15, -0.1) is 0 Å². The first kappa shape index (κ1) is 22.4. The van der Waals surface area contributed by atoms with Crippen molar-refractivity contribution in [3.8, 4) is 17.2 Å². The van der Waals surface area contributed by atoms with Crippen LogP contribution in [0.4, 0.5) is 0 Å². The van der Waals surface area contributed by atoms with Crippen molar-refractivity contribution < 1.29 is 24.2 Å². The number of carboxylic acid groups (broad SMARTS) is 1. The van der Waals surface area contributed by atoms with E-state index in [0.29, 0.717) is 36.6 Å². The summed E-state index contributed by atoms with van der Waals surface area (Å²) in [5, 5.41) is 8.89. The number of carbonyl (C=O) groups is 2. The predicted octanol–water partition coefficient (Wildman–Crippen LogP) is 5.01. The molecule has 6 nitrogen and oxygen atoms in total. The number of ether oxygens (including phenoxy) is 2. The van der Waals surface area contributed by atoms with Gasteiger partial charge in [0.1, 0.15) is 17.2 Å². The van der Waals surface area contributed by atoms with Crippen molar-refractivity contribution in [1.29, 1.82) is 0 Å². The van der Waals surface area contributed by atoms with E-state index < -0.39 is 5.97 Å². The summed E-state index contributed by atoms with van der Waals surface area (Å²) in [5.74, 6) is 1.23. The van der Waals surface area contributed by atoms with Gasteiger partial charge in [0.15, 0.2) is 0 Å². The highest BCUT2D eigenvalue weighted by Crippen LogP contribution is 2.28. The molecule has 0 bridgehead atoms. The number of methoxy groups -OCH3 is 1. The Morgan fingerprint density at radius 1 is 0.970 bits per heavy atom. The number of aryl methyl sites for hydroxylation is 2. The van der Waals surface area contributed by atoms with Crippen molar-refractivity contribution in [3.63, 3.8) is 0 Å². The molecule has 33 heavy (non-hydrogen) atoms. The zero-order valence-corrected chi connectivity index (χ0v) is 18.8. The monoisotopic (exact) mass is 445 g/mol. The van der Waals surface area contributed by atoms with E-state index in [0.717, 1.165) is 28.9 Å².